The second-order valence-electron chi connectivity index (χ2n) is 7.67. The third kappa shape index (κ3) is 5.37. The van der Waals surface area contributed by atoms with Crippen molar-refractivity contribution >= 4 is 27.7 Å². The maximum Gasteiger partial charge on any atom is 0.191 e. The largest absolute Gasteiger partial charge is 0.361 e. The van der Waals surface area contributed by atoms with Crippen molar-refractivity contribution < 1.29 is 4.21 Å². The Morgan fingerprint density at radius 2 is 2.18 bits per heavy atom. The summed E-state index contributed by atoms with van der Waals surface area (Å²) in [6.07, 6.45) is 7.35. The first-order chi connectivity index (χ1) is 13.6. The van der Waals surface area contributed by atoms with E-state index in [9.17, 15) is 4.21 Å². The number of nitrogens with one attached hydrogen (secondary N) is 3. The number of rotatable bonds is 7. The van der Waals surface area contributed by atoms with E-state index in [1.165, 1.54) is 22.0 Å². The first-order valence-electron chi connectivity index (χ1n) is 10.6. The van der Waals surface area contributed by atoms with Gasteiger partial charge in [-0.05, 0) is 56.7 Å². The van der Waals surface area contributed by atoms with E-state index in [0.717, 1.165) is 56.9 Å². The standard InChI is InChI=1S/C22H34N4OS/c1-4-23-22(26-18-7-6-8-19(14-18)28(27)5-2)24-12-11-17-15-25-21-13-16(3)9-10-20(17)21/h9-10,13,15,18-19,25H,4-8,11-12,14H2,1-3H3,(H2,23,24,26). The van der Waals surface area contributed by atoms with Crippen molar-refractivity contribution in [1.29, 1.82) is 0 Å². The van der Waals surface area contributed by atoms with Crippen LogP contribution in [0.15, 0.2) is 29.4 Å². The highest BCUT2D eigenvalue weighted by Gasteiger charge is 2.26. The highest BCUT2D eigenvalue weighted by molar-refractivity contribution is 7.85. The van der Waals surface area contributed by atoms with E-state index in [1.807, 2.05) is 6.92 Å². The van der Waals surface area contributed by atoms with Crippen molar-refractivity contribution in [3.63, 3.8) is 0 Å². The quantitative estimate of drug-likeness (QED) is 0.489. The Kier molecular flexibility index (Phi) is 7.54. The number of aromatic nitrogens is 1. The second-order valence-corrected chi connectivity index (χ2v) is 9.68. The molecule has 0 radical (unpaired) electrons. The smallest absolute Gasteiger partial charge is 0.191 e. The number of benzene rings is 1. The molecule has 3 rings (SSSR count). The average Bonchev–Trinajstić information content (AvgIpc) is 3.09. The van der Waals surface area contributed by atoms with Gasteiger partial charge in [-0.3, -0.25) is 9.20 Å². The van der Waals surface area contributed by atoms with Crippen molar-refractivity contribution in [1.82, 2.24) is 15.6 Å². The third-order valence-corrected chi connectivity index (χ3v) is 7.28. The van der Waals surface area contributed by atoms with E-state index in [-0.39, 0.29) is 0 Å². The van der Waals surface area contributed by atoms with Crippen molar-refractivity contribution in [2.24, 2.45) is 4.99 Å². The predicted octanol–water partition coefficient (Wildman–Crippen LogP) is 3.65. The van der Waals surface area contributed by atoms with Gasteiger partial charge in [0.1, 0.15) is 0 Å². The number of aryl methyl sites for hydroxylation is 1. The lowest BCUT2D eigenvalue weighted by atomic mass is 9.95. The molecule has 0 bridgehead atoms. The van der Waals surface area contributed by atoms with E-state index in [1.54, 1.807) is 0 Å². The molecule has 1 aromatic heterocycles. The van der Waals surface area contributed by atoms with Crippen LogP contribution in [0, 0.1) is 6.92 Å². The zero-order valence-corrected chi connectivity index (χ0v) is 18.2. The zero-order valence-electron chi connectivity index (χ0n) is 17.4. The van der Waals surface area contributed by atoms with Gasteiger partial charge >= 0.3 is 0 Å². The number of aliphatic imine (C=N–C) groups is 1. The summed E-state index contributed by atoms with van der Waals surface area (Å²) in [5, 5.41) is 8.57. The lowest BCUT2D eigenvalue weighted by Crippen LogP contribution is -2.46. The molecule has 2 aromatic rings. The highest BCUT2D eigenvalue weighted by atomic mass is 32.2. The third-order valence-electron chi connectivity index (χ3n) is 5.54. The van der Waals surface area contributed by atoms with Gasteiger partial charge in [-0.15, -0.1) is 0 Å². The molecule has 0 amide bonds. The Hall–Kier alpha value is -1.82. The summed E-state index contributed by atoms with van der Waals surface area (Å²) >= 11 is 0. The molecule has 1 aliphatic rings. The van der Waals surface area contributed by atoms with Crippen LogP contribution in [0.5, 0.6) is 0 Å². The molecule has 3 N–H and O–H groups in total. The molecule has 3 atom stereocenters. The van der Waals surface area contributed by atoms with Crippen molar-refractivity contribution in [3.05, 3.63) is 35.5 Å². The maximum atomic E-state index is 12.2. The highest BCUT2D eigenvalue weighted by Crippen LogP contribution is 2.23. The number of H-pyrrole nitrogens is 1. The first kappa shape index (κ1) is 20.9. The SMILES string of the molecule is CCNC(=NCCc1c[nH]c2cc(C)ccc12)NC1CCCC(S(=O)CC)C1. The fourth-order valence-electron chi connectivity index (χ4n) is 4.06. The minimum atomic E-state index is -0.697. The van der Waals surface area contributed by atoms with E-state index in [0.29, 0.717) is 11.3 Å². The van der Waals surface area contributed by atoms with Gasteiger partial charge in [-0.1, -0.05) is 25.5 Å². The second kappa shape index (κ2) is 10.1. The van der Waals surface area contributed by atoms with Crippen LogP contribution in [0.2, 0.25) is 0 Å². The molecule has 1 fully saturated rings. The van der Waals surface area contributed by atoms with E-state index in [4.69, 9.17) is 4.99 Å². The van der Waals surface area contributed by atoms with Gasteiger partial charge in [0.05, 0.1) is 0 Å². The Balaban J connectivity index is 1.59. The summed E-state index contributed by atoms with van der Waals surface area (Å²) in [4.78, 5) is 8.17. The number of fused-ring (bicyclic) bond motifs is 1. The van der Waals surface area contributed by atoms with Gasteiger partial charge in [-0.2, -0.15) is 0 Å². The fourth-order valence-corrected chi connectivity index (χ4v) is 5.41. The topological polar surface area (TPSA) is 69.3 Å². The lowest BCUT2D eigenvalue weighted by molar-refractivity contribution is 0.413. The van der Waals surface area contributed by atoms with Crippen LogP contribution >= 0.6 is 0 Å². The Bertz CT molecular complexity index is 829. The van der Waals surface area contributed by atoms with Gasteiger partial charge in [0, 0.05) is 58.0 Å². The number of hydrogen-bond donors (Lipinski definition) is 3. The van der Waals surface area contributed by atoms with E-state index < -0.39 is 10.8 Å². The molecule has 3 unspecified atom stereocenters. The van der Waals surface area contributed by atoms with Crippen LogP contribution in [0.4, 0.5) is 0 Å². The summed E-state index contributed by atoms with van der Waals surface area (Å²) in [6.45, 7) is 7.81. The molecular weight excluding hydrogens is 368 g/mol. The Labute approximate surface area is 171 Å². The van der Waals surface area contributed by atoms with Crippen molar-refractivity contribution in [2.75, 3.05) is 18.8 Å². The number of nitrogens with zero attached hydrogens (tertiary/aromatic N) is 1. The number of hydrogen-bond acceptors (Lipinski definition) is 2. The molecule has 28 heavy (non-hydrogen) atoms. The van der Waals surface area contributed by atoms with Crippen LogP contribution in [0.3, 0.4) is 0 Å². The van der Waals surface area contributed by atoms with Gasteiger partial charge < -0.3 is 15.6 Å². The summed E-state index contributed by atoms with van der Waals surface area (Å²) in [6, 6.07) is 6.91. The average molecular weight is 403 g/mol. The molecule has 0 saturated heterocycles. The molecule has 1 aromatic carbocycles. The number of aromatic amines is 1. The van der Waals surface area contributed by atoms with E-state index >= 15 is 0 Å². The van der Waals surface area contributed by atoms with Crippen molar-refractivity contribution in [3.8, 4) is 0 Å². The zero-order chi connectivity index (χ0) is 19.9. The minimum Gasteiger partial charge on any atom is -0.361 e. The fraction of sp³-hybridized carbons (Fsp3) is 0.591. The van der Waals surface area contributed by atoms with Crippen LogP contribution < -0.4 is 10.6 Å². The molecule has 0 spiro atoms. The lowest BCUT2D eigenvalue weighted by Gasteiger charge is -2.30. The van der Waals surface area contributed by atoms with Gasteiger partial charge in [0.2, 0.25) is 0 Å². The maximum absolute atomic E-state index is 12.2. The monoisotopic (exact) mass is 402 g/mol. The molecule has 1 heterocycles. The normalized spacial score (nSPS) is 21.6. The molecule has 5 nitrogen and oxygen atoms in total. The van der Waals surface area contributed by atoms with Crippen LogP contribution in [-0.4, -0.2) is 45.3 Å². The summed E-state index contributed by atoms with van der Waals surface area (Å²) in [7, 11) is -0.697. The van der Waals surface area contributed by atoms with Crippen molar-refractivity contribution in [2.45, 2.75) is 64.2 Å². The van der Waals surface area contributed by atoms with Crippen LogP contribution in [0.25, 0.3) is 10.9 Å². The van der Waals surface area contributed by atoms with Crippen LogP contribution in [0.1, 0.15) is 50.7 Å². The molecule has 0 aliphatic heterocycles. The molecule has 6 heteroatoms. The van der Waals surface area contributed by atoms with Crippen LogP contribution in [-0.2, 0) is 17.2 Å². The summed E-state index contributed by atoms with van der Waals surface area (Å²) < 4.78 is 12.2. The molecule has 154 valence electrons. The van der Waals surface area contributed by atoms with Gasteiger partial charge in [0.15, 0.2) is 5.96 Å². The molecule has 1 saturated carbocycles. The summed E-state index contributed by atoms with van der Waals surface area (Å²) in [5.74, 6) is 1.64. The number of guanidine groups is 1. The molecule has 1 aliphatic carbocycles. The summed E-state index contributed by atoms with van der Waals surface area (Å²) in [5.41, 5.74) is 3.78. The van der Waals surface area contributed by atoms with Gasteiger partial charge in [-0.25, -0.2) is 0 Å². The Morgan fingerprint density at radius 1 is 1.32 bits per heavy atom. The minimum absolute atomic E-state index is 0.328. The first-order valence-corrected chi connectivity index (χ1v) is 12.0. The predicted molar refractivity (Wildman–Crippen MR) is 121 cm³/mol. The molecular formula is C22H34N4OS. The van der Waals surface area contributed by atoms with E-state index in [2.05, 4.69) is 53.9 Å². The Morgan fingerprint density at radius 3 is 2.96 bits per heavy atom. The van der Waals surface area contributed by atoms with Gasteiger partial charge in [0.25, 0.3) is 0 Å².